The quantitative estimate of drug-likeness (QED) is 0.747. The van der Waals surface area contributed by atoms with E-state index in [0.717, 1.165) is 0 Å². The third-order valence-electron chi connectivity index (χ3n) is 2.78. The molecule has 22 heavy (non-hydrogen) atoms. The molecule has 2 aromatic carbocycles. The minimum Gasteiger partial charge on any atom is -0.480 e. The number of nitrogens with one attached hydrogen (secondary N) is 1. The summed E-state index contributed by atoms with van der Waals surface area (Å²) in [6.07, 6.45) is -0.809. The van der Waals surface area contributed by atoms with Crippen molar-refractivity contribution in [1.29, 1.82) is 0 Å². The van der Waals surface area contributed by atoms with Crippen LogP contribution in [0.4, 0.5) is 10.1 Å². The van der Waals surface area contributed by atoms with Crippen molar-refractivity contribution in [2.24, 2.45) is 0 Å². The molecular weight excluding hydrogens is 396 g/mol. The number of carbonyl (C=O) groups excluding carboxylic acids is 1. The molecule has 0 aromatic heterocycles. The fourth-order valence-corrected chi connectivity index (χ4v) is 2.44. The standard InChI is InChI=1S/C15H11BrCl2FNO2/c1-8(22-13-6-5-9(19)7-10(13)16)15(21)20-12-4-2-3-11(17)14(12)18/h2-8H,1H3,(H,20,21). The van der Waals surface area contributed by atoms with E-state index in [9.17, 15) is 9.18 Å². The maximum Gasteiger partial charge on any atom is 0.265 e. The number of carbonyl (C=O) groups is 1. The molecular formula is C15H11BrCl2FNO2. The predicted molar refractivity (Wildman–Crippen MR) is 89.3 cm³/mol. The monoisotopic (exact) mass is 405 g/mol. The van der Waals surface area contributed by atoms with Crippen LogP contribution in [-0.2, 0) is 4.79 Å². The number of ether oxygens (including phenoxy) is 1. The van der Waals surface area contributed by atoms with Gasteiger partial charge in [0.1, 0.15) is 11.6 Å². The van der Waals surface area contributed by atoms with Crippen LogP contribution in [0.2, 0.25) is 10.0 Å². The number of amides is 1. The molecule has 0 fully saturated rings. The molecule has 1 amide bonds. The van der Waals surface area contributed by atoms with E-state index in [1.807, 2.05) is 0 Å². The van der Waals surface area contributed by atoms with Gasteiger partial charge in [-0.1, -0.05) is 29.3 Å². The van der Waals surface area contributed by atoms with Gasteiger partial charge in [0.2, 0.25) is 0 Å². The first-order chi connectivity index (χ1) is 10.4. The Morgan fingerprint density at radius 1 is 1.32 bits per heavy atom. The van der Waals surface area contributed by atoms with Crippen molar-refractivity contribution in [3.63, 3.8) is 0 Å². The fraction of sp³-hybridized carbons (Fsp3) is 0.133. The van der Waals surface area contributed by atoms with Gasteiger partial charge in [-0.15, -0.1) is 0 Å². The number of hydrogen-bond acceptors (Lipinski definition) is 2. The first-order valence-electron chi connectivity index (χ1n) is 6.25. The minimum atomic E-state index is -0.809. The van der Waals surface area contributed by atoms with E-state index in [2.05, 4.69) is 21.2 Å². The van der Waals surface area contributed by atoms with Crippen LogP contribution in [0.3, 0.4) is 0 Å². The Kier molecular flexibility index (Phi) is 5.67. The van der Waals surface area contributed by atoms with Gasteiger partial charge in [0.15, 0.2) is 6.10 Å². The van der Waals surface area contributed by atoms with E-state index in [1.54, 1.807) is 25.1 Å². The Labute approximate surface area is 145 Å². The highest BCUT2D eigenvalue weighted by atomic mass is 79.9. The summed E-state index contributed by atoms with van der Waals surface area (Å²) in [5.41, 5.74) is 0.396. The van der Waals surface area contributed by atoms with Crippen LogP contribution in [0, 0.1) is 5.82 Å². The molecule has 2 rings (SSSR count). The fourth-order valence-electron chi connectivity index (χ4n) is 1.65. The molecule has 3 nitrogen and oxygen atoms in total. The average molecular weight is 407 g/mol. The van der Waals surface area contributed by atoms with Gasteiger partial charge < -0.3 is 10.1 Å². The Balaban J connectivity index is 2.07. The maximum absolute atomic E-state index is 13.0. The van der Waals surface area contributed by atoms with Crippen LogP contribution in [0.1, 0.15) is 6.92 Å². The Hall–Kier alpha value is -1.30. The van der Waals surface area contributed by atoms with Crippen LogP contribution in [-0.4, -0.2) is 12.0 Å². The molecule has 0 saturated heterocycles. The molecule has 0 aliphatic heterocycles. The number of halogens is 4. The average Bonchev–Trinajstić information content (AvgIpc) is 2.46. The van der Waals surface area contributed by atoms with Gasteiger partial charge in [0.05, 0.1) is 20.2 Å². The summed E-state index contributed by atoms with van der Waals surface area (Å²) < 4.78 is 18.9. The number of anilines is 1. The van der Waals surface area contributed by atoms with Gasteiger partial charge in [0.25, 0.3) is 5.91 Å². The highest BCUT2D eigenvalue weighted by molar-refractivity contribution is 9.10. The first-order valence-corrected chi connectivity index (χ1v) is 7.80. The van der Waals surface area contributed by atoms with Crippen molar-refractivity contribution >= 4 is 50.7 Å². The third kappa shape index (κ3) is 4.12. The van der Waals surface area contributed by atoms with E-state index >= 15 is 0 Å². The molecule has 0 heterocycles. The Bertz CT molecular complexity index is 712. The first kappa shape index (κ1) is 17.1. The predicted octanol–water partition coefficient (Wildman–Crippen LogP) is 5.30. The lowest BCUT2D eigenvalue weighted by atomic mass is 10.3. The molecule has 2 aromatic rings. The number of rotatable bonds is 4. The SMILES string of the molecule is CC(Oc1ccc(F)cc1Br)C(=O)Nc1cccc(Cl)c1Cl. The highest BCUT2D eigenvalue weighted by Gasteiger charge is 2.18. The van der Waals surface area contributed by atoms with Crippen molar-refractivity contribution in [3.8, 4) is 5.75 Å². The summed E-state index contributed by atoms with van der Waals surface area (Å²) in [4.78, 5) is 12.1. The zero-order valence-electron chi connectivity index (χ0n) is 11.4. The Morgan fingerprint density at radius 3 is 2.73 bits per heavy atom. The summed E-state index contributed by atoms with van der Waals surface area (Å²) in [7, 11) is 0. The molecule has 0 aliphatic carbocycles. The maximum atomic E-state index is 13.0. The van der Waals surface area contributed by atoms with Crippen molar-refractivity contribution in [2.45, 2.75) is 13.0 Å². The zero-order chi connectivity index (χ0) is 16.3. The molecule has 1 unspecified atom stereocenters. The van der Waals surface area contributed by atoms with Crippen LogP contribution in [0.25, 0.3) is 0 Å². The van der Waals surface area contributed by atoms with Gasteiger partial charge in [-0.25, -0.2) is 4.39 Å². The second kappa shape index (κ2) is 7.31. The highest BCUT2D eigenvalue weighted by Crippen LogP contribution is 2.30. The van der Waals surface area contributed by atoms with Crippen LogP contribution in [0.5, 0.6) is 5.75 Å². The summed E-state index contributed by atoms with van der Waals surface area (Å²) >= 11 is 15.1. The lowest BCUT2D eigenvalue weighted by Crippen LogP contribution is -2.30. The summed E-state index contributed by atoms with van der Waals surface area (Å²) in [6.45, 7) is 1.57. The van der Waals surface area contributed by atoms with E-state index in [1.165, 1.54) is 18.2 Å². The van der Waals surface area contributed by atoms with Gasteiger partial charge in [-0.3, -0.25) is 4.79 Å². The van der Waals surface area contributed by atoms with Crippen molar-refractivity contribution in [3.05, 3.63) is 56.7 Å². The number of hydrogen-bond donors (Lipinski definition) is 1. The van der Waals surface area contributed by atoms with E-state index < -0.39 is 17.8 Å². The molecule has 0 radical (unpaired) electrons. The normalized spacial score (nSPS) is 11.9. The molecule has 1 N–H and O–H groups in total. The summed E-state index contributed by atoms with van der Waals surface area (Å²) in [5.74, 6) is -0.441. The largest absolute Gasteiger partial charge is 0.480 e. The van der Waals surface area contributed by atoms with E-state index in [4.69, 9.17) is 27.9 Å². The second-order valence-corrected chi connectivity index (χ2v) is 6.06. The second-order valence-electron chi connectivity index (χ2n) is 4.43. The van der Waals surface area contributed by atoms with Crippen molar-refractivity contribution in [2.75, 3.05) is 5.32 Å². The molecule has 0 saturated carbocycles. The molecule has 0 spiro atoms. The topological polar surface area (TPSA) is 38.3 Å². The summed E-state index contributed by atoms with van der Waals surface area (Å²) in [6, 6.07) is 8.87. The third-order valence-corrected chi connectivity index (χ3v) is 4.21. The minimum absolute atomic E-state index is 0.257. The smallest absolute Gasteiger partial charge is 0.265 e. The van der Waals surface area contributed by atoms with E-state index in [0.29, 0.717) is 20.9 Å². The lowest BCUT2D eigenvalue weighted by Gasteiger charge is -2.16. The van der Waals surface area contributed by atoms with Gasteiger partial charge in [-0.2, -0.15) is 0 Å². The van der Waals surface area contributed by atoms with Crippen molar-refractivity contribution in [1.82, 2.24) is 0 Å². The van der Waals surface area contributed by atoms with Crippen LogP contribution in [0.15, 0.2) is 40.9 Å². The number of benzene rings is 2. The van der Waals surface area contributed by atoms with Gasteiger partial charge >= 0.3 is 0 Å². The molecule has 7 heteroatoms. The van der Waals surface area contributed by atoms with Crippen LogP contribution >= 0.6 is 39.1 Å². The Morgan fingerprint density at radius 2 is 2.05 bits per heavy atom. The van der Waals surface area contributed by atoms with Crippen molar-refractivity contribution < 1.29 is 13.9 Å². The molecule has 116 valence electrons. The van der Waals surface area contributed by atoms with E-state index in [-0.39, 0.29) is 5.02 Å². The molecule has 0 aliphatic rings. The molecule has 1 atom stereocenters. The van der Waals surface area contributed by atoms with Gasteiger partial charge in [-0.05, 0) is 53.2 Å². The zero-order valence-corrected chi connectivity index (χ0v) is 14.5. The summed E-state index contributed by atoms with van der Waals surface area (Å²) in [5, 5.41) is 3.23. The molecule has 0 bridgehead atoms. The lowest BCUT2D eigenvalue weighted by molar-refractivity contribution is -0.122. The van der Waals surface area contributed by atoms with Gasteiger partial charge in [0, 0.05) is 0 Å². The van der Waals surface area contributed by atoms with Crippen LogP contribution < -0.4 is 10.1 Å².